The molecule has 84 valence electrons. The second-order valence-electron chi connectivity index (χ2n) is 3.33. The Balaban J connectivity index is 2.42. The quantitative estimate of drug-likeness (QED) is 0.427. The molecule has 1 aromatic rings. The van der Waals surface area contributed by atoms with E-state index in [1.165, 1.54) is 6.92 Å². The number of carbonyl (C=O) groups is 3. The Hall–Kier alpha value is -1.97. The molecule has 0 saturated heterocycles. The first-order valence-corrected chi connectivity index (χ1v) is 4.83. The molecule has 0 N–H and O–H groups in total. The molecule has 0 aliphatic rings. The summed E-state index contributed by atoms with van der Waals surface area (Å²) in [5.41, 5.74) is 0.484. The maximum Gasteiger partial charge on any atom is 0.313 e. The number of carbonyl (C=O) groups excluding carboxylic acids is 3. The highest BCUT2D eigenvalue weighted by atomic mass is 16.5. The number of Topliss-reactive ketones (excluding diaryl/α,β-unsaturated/α-hetero) is 2. The molecule has 0 fully saturated rings. The van der Waals surface area contributed by atoms with Crippen LogP contribution in [0, 0.1) is 0 Å². The van der Waals surface area contributed by atoms with Gasteiger partial charge in [-0.2, -0.15) is 0 Å². The zero-order valence-corrected chi connectivity index (χ0v) is 8.93. The molecule has 0 radical (unpaired) electrons. The predicted octanol–water partition coefficient (Wildman–Crippen LogP) is 1.39. The Kier molecular flexibility index (Phi) is 4.39. The van der Waals surface area contributed by atoms with Crippen LogP contribution in [-0.2, 0) is 14.3 Å². The van der Waals surface area contributed by atoms with Gasteiger partial charge in [-0.15, -0.1) is 0 Å². The van der Waals surface area contributed by atoms with Gasteiger partial charge in [-0.3, -0.25) is 14.4 Å². The molecule has 0 bridgehead atoms. The van der Waals surface area contributed by atoms with Crippen molar-refractivity contribution in [1.29, 1.82) is 0 Å². The summed E-state index contributed by atoms with van der Waals surface area (Å²) in [5, 5.41) is 0. The molecule has 0 aliphatic carbocycles. The maximum atomic E-state index is 11.5. The minimum absolute atomic E-state index is 0.280. The highest BCUT2D eigenvalue weighted by Gasteiger charge is 2.10. The van der Waals surface area contributed by atoms with Crippen molar-refractivity contribution in [2.24, 2.45) is 0 Å². The van der Waals surface area contributed by atoms with Crippen LogP contribution in [0.5, 0.6) is 0 Å². The molecule has 4 nitrogen and oxygen atoms in total. The molecular formula is C12H12O4. The van der Waals surface area contributed by atoms with Gasteiger partial charge in [0.15, 0.2) is 12.4 Å². The average molecular weight is 220 g/mol. The number of ketones is 2. The molecule has 0 amide bonds. The van der Waals surface area contributed by atoms with Crippen LogP contribution in [0.25, 0.3) is 0 Å². The maximum absolute atomic E-state index is 11.5. The summed E-state index contributed by atoms with van der Waals surface area (Å²) >= 11 is 0. The molecule has 1 aromatic carbocycles. The van der Waals surface area contributed by atoms with Crippen molar-refractivity contribution >= 4 is 17.5 Å². The van der Waals surface area contributed by atoms with Crippen LogP contribution in [0.4, 0.5) is 0 Å². The van der Waals surface area contributed by atoms with Crippen LogP contribution in [0.1, 0.15) is 23.7 Å². The summed E-state index contributed by atoms with van der Waals surface area (Å²) in [7, 11) is 0. The Bertz CT molecular complexity index is 395. The van der Waals surface area contributed by atoms with Gasteiger partial charge < -0.3 is 4.74 Å². The first-order valence-electron chi connectivity index (χ1n) is 4.83. The molecule has 0 aliphatic heterocycles. The van der Waals surface area contributed by atoms with Crippen molar-refractivity contribution in [2.75, 3.05) is 6.61 Å². The second-order valence-corrected chi connectivity index (χ2v) is 3.33. The first kappa shape index (κ1) is 12.1. The second kappa shape index (κ2) is 5.80. The van der Waals surface area contributed by atoms with Crippen molar-refractivity contribution in [3.8, 4) is 0 Å². The third-order valence-corrected chi connectivity index (χ3v) is 1.85. The smallest absolute Gasteiger partial charge is 0.313 e. The molecule has 1 rings (SSSR count). The van der Waals surface area contributed by atoms with Crippen molar-refractivity contribution in [3.63, 3.8) is 0 Å². The minimum Gasteiger partial charge on any atom is -0.457 e. The van der Waals surface area contributed by atoms with Gasteiger partial charge in [-0.25, -0.2) is 0 Å². The van der Waals surface area contributed by atoms with Crippen LogP contribution < -0.4 is 0 Å². The van der Waals surface area contributed by atoms with Crippen molar-refractivity contribution < 1.29 is 19.1 Å². The Morgan fingerprint density at radius 2 is 1.75 bits per heavy atom. The van der Waals surface area contributed by atoms with E-state index in [4.69, 9.17) is 0 Å². The molecule has 0 unspecified atom stereocenters. The van der Waals surface area contributed by atoms with E-state index in [9.17, 15) is 14.4 Å². The number of benzene rings is 1. The van der Waals surface area contributed by atoms with E-state index in [0.29, 0.717) is 5.56 Å². The van der Waals surface area contributed by atoms with Gasteiger partial charge in [-0.05, 0) is 6.92 Å². The molecule has 0 spiro atoms. The summed E-state index contributed by atoms with van der Waals surface area (Å²) in [6, 6.07) is 8.52. The number of esters is 1. The molecule has 0 aromatic heterocycles. The monoisotopic (exact) mass is 220 g/mol. The van der Waals surface area contributed by atoms with E-state index < -0.39 is 5.97 Å². The third-order valence-electron chi connectivity index (χ3n) is 1.85. The lowest BCUT2D eigenvalue weighted by molar-refractivity contribution is -0.144. The van der Waals surface area contributed by atoms with E-state index in [1.54, 1.807) is 30.3 Å². The van der Waals surface area contributed by atoms with Gasteiger partial charge in [0.05, 0.1) is 0 Å². The van der Waals surface area contributed by atoms with Gasteiger partial charge in [0.1, 0.15) is 12.2 Å². The standard InChI is InChI=1S/C12H12O4/c1-9(13)7-12(15)16-8-11(14)10-5-3-2-4-6-10/h2-6H,7-8H2,1H3. The van der Waals surface area contributed by atoms with Crippen LogP contribution in [0.15, 0.2) is 30.3 Å². The zero-order valence-electron chi connectivity index (χ0n) is 8.93. The SMILES string of the molecule is CC(=O)CC(=O)OCC(=O)c1ccccc1. The Morgan fingerprint density at radius 1 is 1.12 bits per heavy atom. The molecule has 4 heteroatoms. The van der Waals surface area contributed by atoms with E-state index in [0.717, 1.165) is 0 Å². The van der Waals surface area contributed by atoms with E-state index in [1.807, 2.05) is 0 Å². The normalized spacial score (nSPS) is 9.56. The van der Waals surface area contributed by atoms with Gasteiger partial charge in [0, 0.05) is 5.56 Å². The van der Waals surface area contributed by atoms with E-state index in [-0.39, 0.29) is 24.6 Å². The zero-order chi connectivity index (χ0) is 12.0. The first-order chi connectivity index (χ1) is 7.59. The number of hydrogen-bond donors (Lipinski definition) is 0. The van der Waals surface area contributed by atoms with Crippen LogP contribution >= 0.6 is 0 Å². The highest BCUT2D eigenvalue weighted by molar-refractivity contribution is 5.99. The van der Waals surface area contributed by atoms with Gasteiger partial charge in [-0.1, -0.05) is 30.3 Å². The van der Waals surface area contributed by atoms with Crippen LogP contribution in [0.3, 0.4) is 0 Å². The van der Waals surface area contributed by atoms with Crippen molar-refractivity contribution in [3.05, 3.63) is 35.9 Å². The third kappa shape index (κ3) is 4.04. The number of hydrogen-bond acceptors (Lipinski definition) is 4. The number of rotatable bonds is 5. The highest BCUT2D eigenvalue weighted by Crippen LogP contribution is 2.00. The lowest BCUT2D eigenvalue weighted by Gasteiger charge is -2.02. The van der Waals surface area contributed by atoms with Gasteiger partial charge in [0.2, 0.25) is 0 Å². The topological polar surface area (TPSA) is 60.4 Å². The van der Waals surface area contributed by atoms with Crippen molar-refractivity contribution in [1.82, 2.24) is 0 Å². The lowest BCUT2D eigenvalue weighted by atomic mass is 10.1. The van der Waals surface area contributed by atoms with Crippen LogP contribution in [0.2, 0.25) is 0 Å². The minimum atomic E-state index is -0.670. The Morgan fingerprint density at radius 3 is 2.31 bits per heavy atom. The fraction of sp³-hybridized carbons (Fsp3) is 0.250. The van der Waals surface area contributed by atoms with Crippen molar-refractivity contribution in [2.45, 2.75) is 13.3 Å². The summed E-state index contributed by atoms with van der Waals surface area (Å²) in [6.07, 6.45) is -0.290. The summed E-state index contributed by atoms with van der Waals surface area (Å²) in [4.78, 5) is 33.0. The molecule has 16 heavy (non-hydrogen) atoms. The van der Waals surface area contributed by atoms with E-state index >= 15 is 0 Å². The molecule has 0 saturated carbocycles. The Labute approximate surface area is 93.2 Å². The fourth-order valence-electron chi connectivity index (χ4n) is 1.11. The predicted molar refractivity (Wildman–Crippen MR) is 57.0 cm³/mol. The van der Waals surface area contributed by atoms with Crippen LogP contribution in [-0.4, -0.2) is 24.1 Å². The fourth-order valence-corrected chi connectivity index (χ4v) is 1.11. The molecule has 0 heterocycles. The molecular weight excluding hydrogens is 208 g/mol. The average Bonchev–Trinajstić information content (AvgIpc) is 2.26. The summed E-state index contributed by atoms with van der Waals surface area (Å²) in [6.45, 7) is 0.969. The molecule has 0 atom stereocenters. The lowest BCUT2D eigenvalue weighted by Crippen LogP contribution is -2.15. The van der Waals surface area contributed by atoms with Gasteiger partial charge in [0.25, 0.3) is 0 Å². The largest absolute Gasteiger partial charge is 0.457 e. The summed E-state index contributed by atoms with van der Waals surface area (Å²) in [5.74, 6) is -1.23. The summed E-state index contributed by atoms with van der Waals surface area (Å²) < 4.78 is 4.66. The van der Waals surface area contributed by atoms with E-state index in [2.05, 4.69) is 4.74 Å². The van der Waals surface area contributed by atoms with Gasteiger partial charge >= 0.3 is 5.97 Å². The number of ether oxygens (including phenoxy) is 1.